The van der Waals surface area contributed by atoms with E-state index >= 15 is 0 Å². The molecule has 0 aromatic carbocycles. The van der Waals surface area contributed by atoms with Gasteiger partial charge in [-0.05, 0) is 64.6 Å². The van der Waals surface area contributed by atoms with Crippen molar-refractivity contribution in [3.8, 4) is 0 Å². The van der Waals surface area contributed by atoms with Crippen LogP contribution in [0.3, 0.4) is 0 Å². The summed E-state index contributed by atoms with van der Waals surface area (Å²) < 4.78 is 11.3. The average Bonchev–Trinajstić information content (AvgIpc) is 2.41. The fraction of sp³-hybridized carbons (Fsp3) is 0.750. The van der Waals surface area contributed by atoms with Gasteiger partial charge in [0.15, 0.2) is 8.32 Å². The van der Waals surface area contributed by atoms with Crippen molar-refractivity contribution in [2.75, 3.05) is 6.61 Å². The predicted molar refractivity (Wildman–Crippen MR) is 109 cm³/mol. The second kappa shape index (κ2) is 10.8. The molecule has 0 aliphatic rings. The summed E-state index contributed by atoms with van der Waals surface area (Å²) >= 11 is 0. The molecule has 0 saturated heterocycles. The molecule has 0 spiro atoms. The second-order valence-electron chi connectivity index (χ2n) is 8.86. The first-order valence-corrected chi connectivity index (χ1v) is 12.2. The van der Waals surface area contributed by atoms with Gasteiger partial charge in [0.25, 0.3) is 0 Å². The van der Waals surface area contributed by atoms with Gasteiger partial charge in [-0.1, -0.05) is 39.0 Å². The molecule has 0 atom stereocenters. The maximum absolute atomic E-state index is 11.4. The number of ether oxygens (including phenoxy) is 1. The smallest absolute Gasteiger partial charge is 0.411 e. The van der Waals surface area contributed by atoms with Gasteiger partial charge in [0.05, 0.1) is 0 Å². The van der Waals surface area contributed by atoms with Gasteiger partial charge in [0, 0.05) is 12.8 Å². The van der Waals surface area contributed by atoms with Gasteiger partial charge in [-0.15, -0.1) is 0 Å². The van der Waals surface area contributed by atoms with Crippen LogP contribution < -0.4 is 5.32 Å². The molecule has 0 rings (SSSR count). The first-order valence-electron chi connectivity index (χ1n) is 9.29. The van der Waals surface area contributed by atoms with Crippen LogP contribution in [0.5, 0.6) is 0 Å². The molecule has 0 aliphatic heterocycles. The topological polar surface area (TPSA) is 47.6 Å². The number of rotatable bonds is 9. The van der Waals surface area contributed by atoms with Gasteiger partial charge in [0.2, 0.25) is 0 Å². The minimum Gasteiger partial charge on any atom is -0.444 e. The van der Waals surface area contributed by atoms with Gasteiger partial charge < -0.3 is 9.16 Å². The Morgan fingerprint density at radius 3 is 2.20 bits per heavy atom. The standard InChI is InChI=1S/C20H39NO3Si/c1-19(2,3)24-18(22)21-16-14-12-10-9-11-13-15-17-23-25(7,8)20(4,5)6/h9-10,14,16H,11-13,15,17H2,1-8H3,(H,21,22)/b10-9+,16-14+. The molecule has 1 N–H and O–H groups in total. The summed E-state index contributed by atoms with van der Waals surface area (Å²) in [5, 5.41) is 2.88. The molecule has 0 unspecified atom stereocenters. The maximum atomic E-state index is 11.4. The fourth-order valence-corrected chi connectivity index (χ4v) is 2.79. The van der Waals surface area contributed by atoms with Crippen molar-refractivity contribution in [1.29, 1.82) is 0 Å². The first-order chi connectivity index (χ1) is 11.4. The van der Waals surface area contributed by atoms with Crippen LogP contribution in [0.4, 0.5) is 4.79 Å². The molecule has 4 nitrogen and oxygen atoms in total. The summed E-state index contributed by atoms with van der Waals surface area (Å²) in [6.45, 7) is 17.8. The van der Waals surface area contributed by atoms with Crippen molar-refractivity contribution in [3.05, 3.63) is 24.4 Å². The maximum Gasteiger partial charge on any atom is 0.411 e. The summed E-state index contributed by atoms with van der Waals surface area (Å²) in [4.78, 5) is 11.4. The van der Waals surface area contributed by atoms with Gasteiger partial charge >= 0.3 is 6.09 Å². The van der Waals surface area contributed by atoms with E-state index < -0.39 is 20.0 Å². The van der Waals surface area contributed by atoms with E-state index in [1.54, 1.807) is 6.20 Å². The van der Waals surface area contributed by atoms with E-state index in [1.165, 1.54) is 0 Å². The molecule has 0 saturated carbocycles. The zero-order chi connectivity index (χ0) is 19.6. The lowest BCUT2D eigenvalue weighted by atomic mass is 10.2. The number of nitrogens with one attached hydrogen (secondary N) is 1. The molecular formula is C20H39NO3Si. The first kappa shape index (κ1) is 23.9. The van der Waals surface area contributed by atoms with Crippen LogP contribution >= 0.6 is 0 Å². The minimum atomic E-state index is -1.59. The monoisotopic (exact) mass is 369 g/mol. The highest BCUT2D eigenvalue weighted by molar-refractivity contribution is 6.74. The van der Waals surface area contributed by atoms with Crippen molar-refractivity contribution >= 4 is 14.4 Å². The normalized spacial score (nSPS) is 13.6. The van der Waals surface area contributed by atoms with Crippen molar-refractivity contribution < 1.29 is 14.0 Å². The van der Waals surface area contributed by atoms with Gasteiger partial charge in [0.1, 0.15) is 5.60 Å². The number of carbonyl (C=O) groups is 1. The number of unbranched alkanes of at least 4 members (excludes halogenated alkanes) is 2. The summed E-state index contributed by atoms with van der Waals surface area (Å²) in [6.07, 6.45) is 11.5. The Hall–Kier alpha value is -1.07. The molecule has 0 heterocycles. The summed E-state index contributed by atoms with van der Waals surface area (Å²) in [5.74, 6) is 0. The molecule has 0 aromatic heterocycles. The molecule has 25 heavy (non-hydrogen) atoms. The number of amides is 1. The van der Waals surface area contributed by atoms with Crippen molar-refractivity contribution in [1.82, 2.24) is 5.32 Å². The summed E-state index contributed by atoms with van der Waals surface area (Å²) in [6, 6.07) is 0. The second-order valence-corrected chi connectivity index (χ2v) is 13.7. The highest BCUT2D eigenvalue weighted by atomic mass is 28.4. The number of hydrogen-bond acceptors (Lipinski definition) is 3. The predicted octanol–water partition coefficient (Wildman–Crippen LogP) is 6.16. The fourth-order valence-electron chi connectivity index (χ4n) is 1.70. The summed E-state index contributed by atoms with van der Waals surface area (Å²) in [5.41, 5.74) is -0.466. The summed E-state index contributed by atoms with van der Waals surface area (Å²) in [7, 11) is -1.59. The zero-order valence-electron chi connectivity index (χ0n) is 17.6. The SMILES string of the molecule is CC(C)(C)OC(=O)N/C=C/C/C=C/CCCCO[Si](C)(C)C(C)(C)C. The number of alkyl carbamates (subject to hydrolysis) is 1. The Balaban J connectivity index is 3.71. The zero-order valence-corrected chi connectivity index (χ0v) is 18.6. The number of carbonyl (C=O) groups excluding carboxylic acids is 1. The average molecular weight is 370 g/mol. The Kier molecular flexibility index (Phi) is 10.3. The van der Waals surface area contributed by atoms with Gasteiger partial charge in [-0.3, -0.25) is 5.32 Å². The third-order valence-electron chi connectivity index (χ3n) is 4.19. The van der Waals surface area contributed by atoms with Crippen LogP contribution in [-0.4, -0.2) is 26.6 Å². The van der Waals surface area contributed by atoms with Crippen LogP contribution in [0.2, 0.25) is 18.1 Å². The third kappa shape index (κ3) is 12.9. The molecule has 0 bridgehead atoms. The molecule has 0 fully saturated rings. The van der Waals surface area contributed by atoms with E-state index in [0.717, 1.165) is 32.3 Å². The largest absolute Gasteiger partial charge is 0.444 e. The van der Waals surface area contributed by atoms with Crippen LogP contribution in [-0.2, 0) is 9.16 Å². The van der Waals surface area contributed by atoms with Crippen molar-refractivity contribution in [3.63, 3.8) is 0 Å². The lowest BCUT2D eigenvalue weighted by molar-refractivity contribution is 0.0552. The lowest BCUT2D eigenvalue weighted by Gasteiger charge is -2.36. The Labute approximate surface area is 156 Å². The van der Waals surface area contributed by atoms with Crippen molar-refractivity contribution in [2.24, 2.45) is 0 Å². The Morgan fingerprint density at radius 1 is 1.00 bits per heavy atom. The lowest BCUT2D eigenvalue weighted by Crippen LogP contribution is -2.40. The molecular weight excluding hydrogens is 330 g/mol. The number of allylic oxidation sites excluding steroid dienone is 3. The van der Waals surface area contributed by atoms with Crippen LogP contribution in [0.1, 0.15) is 67.2 Å². The quantitative estimate of drug-likeness (QED) is 0.300. The van der Waals surface area contributed by atoms with E-state index in [0.29, 0.717) is 0 Å². The Bertz CT molecular complexity index is 443. The van der Waals surface area contributed by atoms with E-state index in [2.05, 4.69) is 51.3 Å². The molecule has 0 radical (unpaired) electrons. The number of hydrogen-bond donors (Lipinski definition) is 1. The van der Waals surface area contributed by atoms with Crippen LogP contribution in [0.25, 0.3) is 0 Å². The van der Waals surface area contributed by atoms with E-state index in [1.807, 2.05) is 26.8 Å². The van der Waals surface area contributed by atoms with Crippen LogP contribution in [0.15, 0.2) is 24.4 Å². The highest BCUT2D eigenvalue weighted by Gasteiger charge is 2.36. The molecule has 146 valence electrons. The van der Waals surface area contributed by atoms with E-state index in [4.69, 9.17) is 9.16 Å². The van der Waals surface area contributed by atoms with Gasteiger partial charge in [-0.25, -0.2) is 4.79 Å². The van der Waals surface area contributed by atoms with E-state index in [9.17, 15) is 4.79 Å². The van der Waals surface area contributed by atoms with E-state index in [-0.39, 0.29) is 5.04 Å². The molecule has 0 aromatic rings. The molecule has 5 heteroatoms. The van der Waals surface area contributed by atoms with Gasteiger partial charge in [-0.2, -0.15) is 0 Å². The van der Waals surface area contributed by atoms with Crippen molar-refractivity contribution in [2.45, 2.75) is 91.0 Å². The van der Waals surface area contributed by atoms with Crippen LogP contribution in [0, 0.1) is 0 Å². The minimum absolute atomic E-state index is 0.284. The Morgan fingerprint density at radius 2 is 1.64 bits per heavy atom. The molecule has 0 aliphatic carbocycles. The molecule has 1 amide bonds. The highest BCUT2D eigenvalue weighted by Crippen LogP contribution is 2.36. The third-order valence-corrected chi connectivity index (χ3v) is 8.73.